The molecule has 0 fully saturated rings. The molecule has 0 aliphatic carbocycles. The normalized spacial score (nSPS) is 12.2. The highest BCUT2D eigenvalue weighted by Crippen LogP contribution is 2.39. The lowest BCUT2D eigenvalue weighted by molar-refractivity contribution is -0.138. The Morgan fingerprint density at radius 1 is 0.971 bits per heavy atom. The largest absolute Gasteiger partial charge is 0.493 e. The molecule has 0 aromatic heterocycles. The number of aryl methyl sites for hydroxylation is 1. The predicted octanol–water partition coefficient (Wildman–Crippen LogP) is 6.81. The first-order chi connectivity index (χ1) is 16.5. The van der Waals surface area contributed by atoms with Crippen molar-refractivity contribution in [3.8, 4) is 23.0 Å². The molecule has 0 spiro atoms. The summed E-state index contributed by atoms with van der Waals surface area (Å²) in [6, 6.07) is 13.3. The van der Waals surface area contributed by atoms with Crippen LogP contribution in [0.15, 0.2) is 60.7 Å². The van der Waals surface area contributed by atoms with Gasteiger partial charge in [-0.25, -0.2) is 4.39 Å². The molecule has 0 aliphatic rings. The van der Waals surface area contributed by atoms with Crippen molar-refractivity contribution in [3.05, 3.63) is 83.2 Å². The lowest BCUT2D eigenvalue weighted by Gasteiger charge is -2.19. The van der Waals surface area contributed by atoms with Crippen LogP contribution >= 0.6 is 0 Å². The molecule has 186 valence electrons. The lowest BCUT2D eigenvalue weighted by atomic mass is 10.1. The number of carbonyl (C=O) groups is 1. The van der Waals surface area contributed by atoms with Crippen LogP contribution in [-0.2, 0) is 17.4 Å². The van der Waals surface area contributed by atoms with Gasteiger partial charge in [0.05, 0.1) is 24.7 Å². The van der Waals surface area contributed by atoms with Crippen molar-refractivity contribution in [2.75, 3.05) is 6.61 Å². The number of halogens is 4. The van der Waals surface area contributed by atoms with Gasteiger partial charge in [-0.05, 0) is 61.4 Å². The summed E-state index contributed by atoms with van der Waals surface area (Å²) >= 11 is 0. The number of aliphatic carboxylic acids is 1. The fourth-order valence-corrected chi connectivity index (χ4v) is 3.28. The number of hydrogen-bond acceptors (Lipinski definition) is 4. The molecule has 9 heteroatoms. The Bertz CT molecular complexity index is 1180. The molecule has 5 nitrogen and oxygen atoms in total. The average Bonchev–Trinajstić information content (AvgIpc) is 2.77. The number of ether oxygens (including phenoxy) is 3. The maximum absolute atomic E-state index is 14.0. The van der Waals surface area contributed by atoms with Gasteiger partial charge in [0.2, 0.25) is 0 Å². The lowest BCUT2D eigenvalue weighted by Crippen LogP contribution is -2.17. The van der Waals surface area contributed by atoms with Crippen molar-refractivity contribution < 1.29 is 41.7 Å². The van der Waals surface area contributed by atoms with Gasteiger partial charge in [0.25, 0.3) is 0 Å². The van der Waals surface area contributed by atoms with Crippen LogP contribution in [0, 0.1) is 12.7 Å². The van der Waals surface area contributed by atoms with Gasteiger partial charge in [-0.2, -0.15) is 13.2 Å². The molecule has 0 aliphatic heterocycles. The summed E-state index contributed by atoms with van der Waals surface area (Å²) in [5.41, 5.74) is 0.485. The van der Waals surface area contributed by atoms with Crippen molar-refractivity contribution in [3.63, 3.8) is 0 Å². The smallest absolute Gasteiger partial charge is 0.416 e. The fourth-order valence-electron chi connectivity index (χ4n) is 3.28. The molecule has 0 amide bonds. The zero-order valence-electron chi connectivity index (χ0n) is 19.1. The quantitative estimate of drug-likeness (QED) is 0.315. The molecule has 3 rings (SSSR count). The van der Waals surface area contributed by atoms with E-state index in [2.05, 4.69) is 0 Å². The molecular formula is C26H24F4O5. The molecule has 0 heterocycles. The van der Waals surface area contributed by atoms with Gasteiger partial charge in [0.1, 0.15) is 5.75 Å². The van der Waals surface area contributed by atoms with E-state index in [1.807, 2.05) is 0 Å². The first-order valence-electron chi connectivity index (χ1n) is 10.8. The van der Waals surface area contributed by atoms with Gasteiger partial charge < -0.3 is 19.3 Å². The summed E-state index contributed by atoms with van der Waals surface area (Å²) < 4.78 is 70.6. The zero-order valence-corrected chi connectivity index (χ0v) is 19.1. The van der Waals surface area contributed by atoms with Gasteiger partial charge in [-0.3, -0.25) is 4.79 Å². The first kappa shape index (κ1) is 25.9. The van der Waals surface area contributed by atoms with Crippen LogP contribution in [0.2, 0.25) is 0 Å². The SMILES string of the molecule is Cc1cc(CC(=O)O)ccc1OCC[C@@H](C)Oc1ccc(C(F)(F)F)cc1Oc1ccccc1F. The highest BCUT2D eigenvalue weighted by atomic mass is 19.4. The Labute approximate surface area is 199 Å². The highest BCUT2D eigenvalue weighted by Gasteiger charge is 2.32. The average molecular weight is 492 g/mol. The maximum atomic E-state index is 14.0. The third kappa shape index (κ3) is 7.37. The van der Waals surface area contributed by atoms with Crippen molar-refractivity contribution in [1.29, 1.82) is 0 Å². The van der Waals surface area contributed by atoms with E-state index in [0.29, 0.717) is 17.7 Å². The van der Waals surface area contributed by atoms with Gasteiger partial charge in [-0.1, -0.05) is 24.3 Å². The molecule has 0 bridgehead atoms. The van der Waals surface area contributed by atoms with Crippen LogP contribution in [0.1, 0.15) is 30.0 Å². The van der Waals surface area contributed by atoms with Crippen molar-refractivity contribution in [2.24, 2.45) is 0 Å². The third-order valence-corrected chi connectivity index (χ3v) is 5.03. The van der Waals surface area contributed by atoms with E-state index in [9.17, 15) is 22.4 Å². The maximum Gasteiger partial charge on any atom is 0.416 e. The van der Waals surface area contributed by atoms with Crippen LogP contribution in [0.4, 0.5) is 17.6 Å². The Hall–Kier alpha value is -3.75. The van der Waals surface area contributed by atoms with Crippen molar-refractivity contribution in [1.82, 2.24) is 0 Å². The van der Waals surface area contributed by atoms with E-state index in [4.69, 9.17) is 19.3 Å². The fraction of sp³-hybridized carbons (Fsp3) is 0.269. The summed E-state index contributed by atoms with van der Waals surface area (Å²) in [6.45, 7) is 3.76. The second kappa shape index (κ2) is 11.1. The first-order valence-corrected chi connectivity index (χ1v) is 10.8. The second-order valence-electron chi connectivity index (χ2n) is 7.93. The molecule has 0 unspecified atom stereocenters. The minimum atomic E-state index is -4.61. The van der Waals surface area contributed by atoms with E-state index in [1.165, 1.54) is 18.2 Å². The molecule has 3 aromatic rings. The standard InChI is InChI=1S/C26H24F4O5/c1-16-13-18(14-25(31)32)7-9-21(16)33-12-11-17(2)34-23-10-8-19(26(28,29)30)15-24(23)35-22-6-4-3-5-20(22)27/h3-10,13,15,17H,11-12,14H2,1-2H3,(H,31,32)/t17-/m1/s1. The second-order valence-corrected chi connectivity index (χ2v) is 7.93. The molecule has 1 N–H and O–H groups in total. The Kier molecular flexibility index (Phi) is 8.22. The molecule has 0 saturated carbocycles. The third-order valence-electron chi connectivity index (χ3n) is 5.03. The van der Waals surface area contributed by atoms with Crippen molar-refractivity contribution in [2.45, 2.75) is 39.0 Å². The summed E-state index contributed by atoms with van der Waals surface area (Å²) in [4.78, 5) is 10.8. The molecule has 0 saturated heterocycles. The Morgan fingerprint density at radius 3 is 2.34 bits per heavy atom. The van der Waals surface area contributed by atoms with Crippen molar-refractivity contribution >= 4 is 5.97 Å². The van der Waals surface area contributed by atoms with E-state index >= 15 is 0 Å². The van der Waals surface area contributed by atoms with Gasteiger partial charge >= 0.3 is 12.1 Å². The molecular weight excluding hydrogens is 468 g/mol. The van der Waals surface area contributed by atoms with Gasteiger partial charge in [-0.15, -0.1) is 0 Å². The number of rotatable bonds is 10. The molecule has 35 heavy (non-hydrogen) atoms. The topological polar surface area (TPSA) is 65.0 Å². The van der Waals surface area contributed by atoms with Crippen LogP contribution in [0.5, 0.6) is 23.0 Å². The summed E-state index contributed by atoms with van der Waals surface area (Å²) in [6.07, 6.45) is -4.78. The van der Waals surface area contributed by atoms with Crippen LogP contribution in [-0.4, -0.2) is 23.8 Å². The molecule has 3 aromatic carbocycles. The number of carboxylic acids is 1. The zero-order chi connectivity index (χ0) is 25.6. The van der Waals surface area contributed by atoms with Crippen LogP contribution < -0.4 is 14.2 Å². The summed E-state index contributed by atoms with van der Waals surface area (Å²) in [7, 11) is 0. The number of alkyl halides is 3. The Morgan fingerprint density at radius 2 is 1.69 bits per heavy atom. The van der Waals surface area contributed by atoms with E-state index in [1.54, 1.807) is 32.0 Å². The predicted molar refractivity (Wildman–Crippen MR) is 121 cm³/mol. The van der Waals surface area contributed by atoms with E-state index in [-0.39, 0.29) is 30.3 Å². The number of para-hydroxylation sites is 1. The minimum absolute atomic E-state index is 0.0305. The molecule has 1 atom stereocenters. The van der Waals surface area contributed by atoms with E-state index < -0.39 is 29.6 Å². The van der Waals surface area contributed by atoms with Crippen LogP contribution in [0.25, 0.3) is 0 Å². The van der Waals surface area contributed by atoms with E-state index in [0.717, 1.165) is 29.8 Å². The number of hydrogen-bond donors (Lipinski definition) is 1. The number of carboxylic acid groups (broad SMARTS) is 1. The highest BCUT2D eigenvalue weighted by molar-refractivity contribution is 5.70. The summed E-state index contributed by atoms with van der Waals surface area (Å²) in [5.74, 6) is -1.52. The summed E-state index contributed by atoms with van der Waals surface area (Å²) in [5, 5.41) is 8.89. The van der Waals surface area contributed by atoms with Gasteiger partial charge in [0.15, 0.2) is 23.1 Å². The number of benzene rings is 3. The van der Waals surface area contributed by atoms with Gasteiger partial charge in [0, 0.05) is 6.42 Å². The van der Waals surface area contributed by atoms with Crippen LogP contribution in [0.3, 0.4) is 0 Å². The molecule has 0 radical (unpaired) electrons. The minimum Gasteiger partial charge on any atom is -0.493 e. The Balaban J connectivity index is 1.67. The monoisotopic (exact) mass is 492 g/mol.